The Kier molecular flexibility index (Phi) is 6.39. The Hall–Kier alpha value is -0.930. The van der Waals surface area contributed by atoms with E-state index in [0.29, 0.717) is 6.42 Å². The van der Waals surface area contributed by atoms with E-state index < -0.39 is 0 Å². The lowest BCUT2D eigenvalue weighted by Gasteiger charge is -2.45. The number of benzene rings is 1. The average Bonchev–Trinajstić information content (AvgIpc) is 2.55. The van der Waals surface area contributed by atoms with Crippen molar-refractivity contribution in [1.82, 2.24) is 9.80 Å². The smallest absolute Gasteiger partial charge is 0.0666 e. The second-order valence-electron chi connectivity index (χ2n) is 6.03. The summed E-state index contributed by atoms with van der Waals surface area (Å²) in [6, 6.07) is 10.4. The van der Waals surface area contributed by atoms with Gasteiger partial charge < -0.3 is 10.0 Å². The van der Waals surface area contributed by atoms with E-state index >= 15 is 0 Å². The second-order valence-corrected chi connectivity index (χ2v) is 6.94. The van der Waals surface area contributed by atoms with E-state index in [4.69, 9.17) is 5.26 Å². The third kappa shape index (κ3) is 4.08. The molecule has 2 rings (SSSR count). The lowest BCUT2D eigenvalue weighted by molar-refractivity contribution is 0.00267. The fraction of sp³-hybridized carbons (Fsp3) is 0.588. The van der Waals surface area contributed by atoms with Crippen LogP contribution in [0.4, 0.5) is 0 Å². The summed E-state index contributed by atoms with van der Waals surface area (Å²) in [6.07, 6.45) is 1.58. The van der Waals surface area contributed by atoms with E-state index in [1.807, 2.05) is 12.1 Å². The van der Waals surface area contributed by atoms with Gasteiger partial charge in [0, 0.05) is 37.1 Å². The SMILES string of the molecule is CC(CO)(c1ccc(Br)cc1)N1CCN(CCCC#N)CC1. The predicted octanol–water partition coefficient (Wildman–Crippen LogP) is 2.58. The minimum atomic E-state index is -0.334. The maximum absolute atomic E-state index is 10.00. The maximum atomic E-state index is 10.00. The van der Waals surface area contributed by atoms with E-state index in [-0.39, 0.29) is 12.1 Å². The number of hydrogen-bond donors (Lipinski definition) is 1. The van der Waals surface area contributed by atoms with Crippen LogP contribution in [-0.4, -0.2) is 54.2 Å². The van der Waals surface area contributed by atoms with E-state index in [1.54, 1.807) is 0 Å². The fourth-order valence-corrected chi connectivity index (χ4v) is 3.29. The monoisotopic (exact) mass is 365 g/mol. The molecule has 4 nitrogen and oxygen atoms in total. The first kappa shape index (κ1) is 17.4. The molecule has 0 bridgehead atoms. The number of nitrogens with zero attached hydrogens (tertiary/aromatic N) is 3. The van der Waals surface area contributed by atoms with Crippen LogP contribution >= 0.6 is 15.9 Å². The van der Waals surface area contributed by atoms with Gasteiger partial charge in [-0.25, -0.2) is 0 Å². The zero-order chi connectivity index (χ0) is 16.0. The third-order valence-electron chi connectivity index (χ3n) is 4.61. The summed E-state index contributed by atoms with van der Waals surface area (Å²) in [5.41, 5.74) is 0.815. The molecule has 0 saturated carbocycles. The summed E-state index contributed by atoms with van der Waals surface area (Å²) in [4.78, 5) is 4.78. The molecule has 1 atom stereocenters. The van der Waals surface area contributed by atoms with Crippen molar-refractivity contribution < 1.29 is 5.11 Å². The molecule has 5 heteroatoms. The zero-order valence-corrected chi connectivity index (χ0v) is 14.7. The lowest BCUT2D eigenvalue weighted by atomic mass is 9.90. The number of piperazine rings is 1. The van der Waals surface area contributed by atoms with Gasteiger partial charge in [0.05, 0.1) is 18.2 Å². The summed E-state index contributed by atoms with van der Waals surface area (Å²) >= 11 is 3.46. The van der Waals surface area contributed by atoms with Crippen molar-refractivity contribution in [2.45, 2.75) is 25.3 Å². The largest absolute Gasteiger partial charge is 0.394 e. The standard InChI is InChI=1S/C17H24BrN3O/c1-17(14-22,15-4-6-16(18)7-5-15)21-12-10-20(11-13-21)9-3-2-8-19/h4-7,22H,2-3,9-14H2,1H3. The Morgan fingerprint density at radius 3 is 2.41 bits per heavy atom. The van der Waals surface area contributed by atoms with Crippen molar-refractivity contribution >= 4 is 15.9 Å². The van der Waals surface area contributed by atoms with Gasteiger partial charge in [0.25, 0.3) is 0 Å². The summed E-state index contributed by atoms with van der Waals surface area (Å²) in [7, 11) is 0. The van der Waals surface area contributed by atoms with Gasteiger partial charge in [-0.15, -0.1) is 0 Å². The van der Waals surface area contributed by atoms with Crippen LogP contribution in [0, 0.1) is 11.3 Å². The molecule has 1 saturated heterocycles. The molecular formula is C17H24BrN3O. The molecule has 1 N–H and O–H groups in total. The molecule has 22 heavy (non-hydrogen) atoms. The zero-order valence-electron chi connectivity index (χ0n) is 13.1. The normalized spacial score (nSPS) is 19.5. The first-order valence-corrected chi connectivity index (χ1v) is 8.61. The number of rotatable bonds is 6. The van der Waals surface area contributed by atoms with Gasteiger partial charge in [-0.1, -0.05) is 28.1 Å². The molecule has 1 aliphatic rings. The minimum Gasteiger partial charge on any atom is -0.394 e. The van der Waals surface area contributed by atoms with Crippen molar-refractivity contribution in [2.24, 2.45) is 0 Å². The third-order valence-corrected chi connectivity index (χ3v) is 5.14. The van der Waals surface area contributed by atoms with Crippen LogP contribution in [0.15, 0.2) is 28.7 Å². The topological polar surface area (TPSA) is 50.5 Å². The van der Waals surface area contributed by atoms with Crippen LogP contribution in [0.2, 0.25) is 0 Å². The molecule has 0 aliphatic carbocycles. The van der Waals surface area contributed by atoms with Crippen LogP contribution in [0.25, 0.3) is 0 Å². The van der Waals surface area contributed by atoms with E-state index in [9.17, 15) is 5.11 Å². The van der Waals surface area contributed by atoms with Gasteiger partial charge in [-0.3, -0.25) is 4.90 Å². The lowest BCUT2D eigenvalue weighted by Crippen LogP contribution is -2.55. The molecule has 1 fully saturated rings. The first-order chi connectivity index (χ1) is 10.6. The second kappa shape index (κ2) is 8.07. The number of halogens is 1. The van der Waals surface area contributed by atoms with Gasteiger partial charge in [-0.2, -0.15) is 5.26 Å². The highest BCUT2D eigenvalue weighted by Crippen LogP contribution is 2.30. The number of nitriles is 1. The predicted molar refractivity (Wildman–Crippen MR) is 91.4 cm³/mol. The highest BCUT2D eigenvalue weighted by Gasteiger charge is 2.35. The Balaban J connectivity index is 1.98. The van der Waals surface area contributed by atoms with Crippen LogP contribution in [-0.2, 0) is 5.54 Å². The van der Waals surface area contributed by atoms with Crippen molar-refractivity contribution in [2.75, 3.05) is 39.3 Å². The van der Waals surface area contributed by atoms with E-state index in [2.05, 4.69) is 50.9 Å². The van der Waals surface area contributed by atoms with Crippen molar-refractivity contribution in [3.8, 4) is 6.07 Å². The number of aliphatic hydroxyl groups is 1. The molecule has 0 amide bonds. The van der Waals surface area contributed by atoms with E-state index in [1.165, 1.54) is 0 Å². The maximum Gasteiger partial charge on any atom is 0.0666 e. The first-order valence-electron chi connectivity index (χ1n) is 7.81. The van der Waals surface area contributed by atoms with Crippen LogP contribution in [0.1, 0.15) is 25.3 Å². The van der Waals surface area contributed by atoms with Crippen molar-refractivity contribution in [3.63, 3.8) is 0 Å². The Bertz CT molecular complexity index is 506. The average molecular weight is 366 g/mol. The Labute approximate surface area is 141 Å². The molecule has 1 aromatic rings. The molecule has 0 spiro atoms. The molecule has 0 radical (unpaired) electrons. The summed E-state index contributed by atoms with van der Waals surface area (Å²) < 4.78 is 1.05. The molecule has 1 unspecified atom stereocenters. The molecule has 120 valence electrons. The fourth-order valence-electron chi connectivity index (χ4n) is 3.03. The highest BCUT2D eigenvalue weighted by atomic mass is 79.9. The molecular weight excluding hydrogens is 342 g/mol. The van der Waals surface area contributed by atoms with Gasteiger partial charge in [0.1, 0.15) is 0 Å². The number of hydrogen-bond acceptors (Lipinski definition) is 4. The van der Waals surface area contributed by atoms with Crippen molar-refractivity contribution in [3.05, 3.63) is 34.3 Å². The highest BCUT2D eigenvalue weighted by molar-refractivity contribution is 9.10. The molecule has 1 aromatic carbocycles. The van der Waals surface area contributed by atoms with E-state index in [0.717, 1.165) is 49.2 Å². The van der Waals surface area contributed by atoms with Crippen LogP contribution in [0.3, 0.4) is 0 Å². The summed E-state index contributed by atoms with van der Waals surface area (Å²) in [6.45, 7) is 7.11. The molecule has 1 heterocycles. The summed E-state index contributed by atoms with van der Waals surface area (Å²) in [5.74, 6) is 0. The Morgan fingerprint density at radius 1 is 1.23 bits per heavy atom. The van der Waals surface area contributed by atoms with Gasteiger partial charge in [0.2, 0.25) is 0 Å². The van der Waals surface area contributed by atoms with Crippen molar-refractivity contribution in [1.29, 1.82) is 5.26 Å². The summed E-state index contributed by atoms with van der Waals surface area (Å²) in [5, 5.41) is 18.6. The van der Waals surface area contributed by atoms with Gasteiger partial charge in [0.15, 0.2) is 0 Å². The Morgan fingerprint density at radius 2 is 1.86 bits per heavy atom. The minimum absolute atomic E-state index is 0.114. The molecule has 1 aliphatic heterocycles. The van der Waals surface area contributed by atoms with Gasteiger partial charge in [-0.05, 0) is 37.6 Å². The van der Waals surface area contributed by atoms with Gasteiger partial charge >= 0.3 is 0 Å². The number of unbranched alkanes of at least 4 members (excludes halogenated alkanes) is 1. The van der Waals surface area contributed by atoms with Crippen LogP contribution < -0.4 is 0 Å². The quantitative estimate of drug-likeness (QED) is 0.787. The van der Waals surface area contributed by atoms with Crippen LogP contribution in [0.5, 0.6) is 0 Å². The molecule has 0 aromatic heterocycles. The number of aliphatic hydroxyl groups excluding tert-OH is 1.